The summed E-state index contributed by atoms with van der Waals surface area (Å²) in [5.41, 5.74) is 1.90. The van der Waals surface area contributed by atoms with Gasteiger partial charge in [-0.2, -0.15) is 0 Å². The van der Waals surface area contributed by atoms with E-state index in [9.17, 15) is 18.4 Å². The summed E-state index contributed by atoms with van der Waals surface area (Å²) >= 11 is 0. The Bertz CT molecular complexity index is 1090. The van der Waals surface area contributed by atoms with Gasteiger partial charge in [0, 0.05) is 31.9 Å². The number of pyridine rings is 1. The SMILES string of the molecule is CNC(=O)c1cc(F)c(-c2nc3cc(C)ccn3c2CN(C)CCOCC=O)c(F)c1. The molecule has 31 heavy (non-hydrogen) atoms. The number of benzene rings is 1. The van der Waals surface area contributed by atoms with Crippen molar-refractivity contribution in [2.45, 2.75) is 13.5 Å². The first-order valence-corrected chi connectivity index (χ1v) is 9.74. The third-order valence-electron chi connectivity index (χ3n) is 4.87. The lowest BCUT2D eigenvalue weighted by Crippen LogP contribution is -2.24. The molecule has 1 N–H and O–H groups in total. The van der Waals surface area contributed by atoms with Crippen LogP contribution in [0.3, 0.4) is 0 Å². The van der Waals surface area contributed by atoms with Gasteiger partial charge in [0.15, 0.2) is 0 Å². The van der Waals surface area contributed by atoms with Gasteiger partial charge in [0.05, 0.1) is 23.6 Å². The average Bonchev–Trinajstić information content (AvgIpc) is 3.06. The molecule has 1 amide bonds. The highest BCUT2D eigenvalue weighted by Crippen LogP contribution is 2.31. The number of carbonyl (C=O) groups is 2. The number of imidazole rings is 1. The normalized spacial score (nSPS) is 11.3. The number of ether oxygens (including phenoxy) is 1. The monoisotopic (exact) mass is 430 g/mol. The number of aryl methyl sites for hydroxylation is 1. The molecular formula is C22H24F2N4O3. The van der Waals surface area contributed by atoms with E-state index in [2.05, 4.69) is 10.3 Å². The van der Waals surface area contributed by atoms with Crippen LogP contribution in [0.4, 0.5) is 8.78 Å². The molecule has 2 aromatic heterocycles. The number of amides is 1. The fourth-order valence-corrected chi connectivity index (χ4v) is 3.31. The van der Waals surface area contributed by atoms with Gasteiger partial charge in [-0.05, 0) is 43.8 Å². The van der Waals surface area contributed by atoms with Crippen LogP contribution in [-0.4, -0.2) is 60.3 Å². The Morgan fingerprint density at radius 3 is 2.65 bits per heavy atom. The van der Waals surface area contributed by atoms with Crippen LogP contribution in [0.2, 0.25) is 0 Å². The molecule has 3 rings (SSSR count). The Labute approximate surface area is 178 Å². The number of fused-ring (bicyclic) bond motifs is 1. The van der Waals surface area contributed by atoms with Crippen molar-refractivity contribution >= 4 is 17.8 Å². The summed E-state index contributed by atoms with van der Waals surface area (Å²) in [6, 6.07) is 5.73. The number of hydrogen-bond donors (Lipinski definition) is 1. The van der Waals surface area contributed by atoms with Gasteiger partial charge in [0.2, 0.25) is 0 Å². The molecule has 0 bridgehead atoms. The summed E-state index contributed by atoms with van der Waals surface area (Å²) in [5.74, 6) is -2.31. The maximum Gasteiger partial charge on any atom is 0.251 e. The molecule has 0 fully saturated rings. The second-order valence-corrected chi connectivity index (χ2v) is 7.21. The zero-order valence-corrected chi connectivity index (χ0v) is 17.6. The van der Waals surface area contributed by atoms with Crippen molar-refractivity contribution in [3.05, 3.63) is 58.9 Å². The topological polar surface area (TPSA) is 75.9 Å². The molecule has 0 spiro atoms. The van der Waals surface area contributed by atoms with Gasteiger partial charge in [0.25, 0.3) is 5.91 Å². The summed E-state index contributed by atoms with van der Waals surface area (Å²) in [7, 11) is 3.23. The molecule has 2 heterocycles. The molecule has 0 aliphatic rings. The van der Waals surface area contributed by atoms with E-state index in [-0.39, 0.29) is 23.4 Å². The summed E-state index contributed by atoms with van der Waals surface area (Å²) in [6.45, 7) is 3.10. The predicted molar refractivity (Wildman–Crippen MR) is 112 cm³/mol. The largest absolute Gasteiger partial charge is 0.373 e. The van der Waals surface area contributed by atoms with Crippen LogP contribution in [-0.2, 0) is 16.1 Å². The first kappa shape index (κ1) is 22.5. The summed E-state index contributed by atoms with van der Waals surface area (Å²) in [4.78, 5) is 28.6. The minimum Gasteiger partial charge on any atom is -0.373 e. The second-order valence-electron chi connectivity index (χ2n) is 7.21. The van der Waals surface area contributed by atoms with Gasteiger partial charge in [-0.1, -0.05) is 0 Å². The lowest BCUT2D eigenvalue weighted by molar-refractivity contribution is -0.112. The third-order valence-corrected chi connectivity index (χ3v) is 4.87. The van der Waals surface area contributed by atoms with Gasteiger partial charge in [-0.15, -0.1) is 0 Å². The van der Waals surface area contributed by atoms with Crippen LogP contribution in [0.15, 0.2) is 30.5 Å². The smallest absolute Gasteiger partial charge is 0.251 e. The highest BCUT2D eigenvalue weighted by molar-refractivity contribution is 5.94. The number of aldehydes is 1. The van der Waals surface area contributed by atoms with Crippen LogP contribution in [0.1, 0.15) is 21.6 Å². The predicted octanol–water partition coefficient (Wildman–Crippen LogP) is 2.59. The van der Waals surface area contributed by atoms with E-state index in [1.54, 1.807) is 4.40 Å². The molecule has 0 atom stereocenters. The van der Waals surface area contributed by atoms with Crippen LogP contribution in [0, 0.1) is 18.6 Å². The Morgan fingerprint density at radius 2 is 2.00 bits per heavy atom. The zero-order chi connectivity index (χ0) is 22.5. The van der Waals surface area contributed by atoms with Crippen LogP contribution < -0.4 is 5.32 Å². The third kappa shape index (κ3) is 4.95. The number of nitrogens with one attached hydrogen (secondary N) is 1. The number of likely N-dealkylation sites (N-methyl/N-ethyl adjacent to an activating group) is 1. The quantitative estimate of drug-likeness (QED) is 0.417. The van der Waals surface area contributed by atoms with E-state index in [1.807, 2.05) is 37.2 Å². The van der Waals surface area contributed by atoms with E-state index in [4.69, 9.17) is 4.74 Å². The molecule has 0 aliphatic heterocycles. The van der Waals surface area contributed by atoms with Crippen molar-refractivity contribution in [1.82, 2.24) is 19.6 Å². The Hall–Kier alpha value is -3.17. The fourth-order valence-electron chi connectivity index (χ4n) is 3.31. The van der Waals surface area contributed by atoms with E-state index < -0.39 is 17.5 Å². The standard InChI is InChI=1S/C22H24F2N4O3/c1-14-4-5-28-18(13-27(3)6-8-31-9-7-29)21(26-19(28)10-14)20-16(23)11-15(12-17(20)24)22(30)25-2/h4-5,7,10-12H,6,8-9,13H2,1-3H3,(H,25,30). The minimum absolute atomic E-state index is 0.0160. The number of nitrogens with zero attached hydrogens (tertiary/aromatic N) is 3. The maximum absolute atomic E-state index is 15.0. The zero-order valence-electron chi connectivity index (χ0n) is 17.6. The van der Waals surface area contributed by atoms with Gasteiger partial charge in [-0.3, -0.25) is 9.69 Å². The number of halogens is 2. The summed E-state index contributed by atoms with van der Waals surface area (Å²) in [5, 5.41) is 2.36. The number of hydrogen-bond acceptors (Lipinski definition) is 5. The second kappa shape index (κ2) is 9.76. The molecule has 3 aromatic rings. The van der Waals surface area contributed by atoms with E-state index >= 15 is 0 Å². The van der Waals surface area contributed by atoms with Gasteiger partial charge in [-0.25, -0.2) is 13.8 Å². The molecule has 0 radical (unpaired) electrons. The minimum atomic E-state index is -0.864. The van der Waals surface area contributed by atoms with Crippen LogP contribution in [0.5, 0.6) is 0 Å². The first-order valence-electron chi connectivity index (χ1n) is 9.74. The number of rotatable bonds is 9. The van der Waals surface area contributed by atoms with Crippen LogP contribution >= 0.6 is 0 Å². The van der Waals surface area contributed by atoms with Crippen molar-refractivity contribution in [3.8, 4) is 11.3 Å². The van der Waals surface area contributed by atoms with E-state index in [1.165, 1.54) is 7.05 Å². The van der Waals surface area contributed by atoms with Gasteiger partial charge in [0.1, 0.15) is 30.2 Å². The maximum atomic E-state index is 15.0. The first-order chi connectivity index (χ1) is 14.8. The van der Waals surface area contributed by atoms with E-state index in [0.29, 0.717) is 37.3 Å². The lowest BCUT2D eigenvalue weighted by Gasteiger charge is -2.17. The number of aromatic nitrogens is 2. The molecule has 0 saturated carbocycles. The highest BCUT2D eigenvalue weighted by Gasteiger charge is 2.23. The number of carbonyl (C=O) groups excluding carboxylic acids is 2. The molecule has 7 nitrogen and oxygen atoms in total. The molecule has 0 aliphatic carbocycles. The van der Waals surface area contributed by atoms with Crippen LogP contribution in [0.25, 0.3) is 16.9 Å². The van der Waals surface area contributed by atoms with Crippen molar-refractivity contribution in [2.24, 2.45) is 0 Å². The molecule has 164 valence electrons. The van der Waals surface area contributed by atoms with E-state index in [0.717, 1.165) is 17.7 Å². The molecule has 0 unspecified atom stereocenters. The summed E-state index contributed by atoms with van der Waals surface area (Å²) < 4.78 is 36.9. The molecular weight excluding hydrogens is 406 g/mol. The lowest BCUT2D eigenvalue weighted by atomic mass is 10.0. The molecule has 1 aromatic carbocycles. The highest BCUT2D eigenvalue weighted by atomic mass is 19.1. The summed E-state index contributed by atoms with van der Waals surface area (Å²) in [6.07, 6.45) is 2.49. The Balaban J connectivity index is 2.05. The fraction of sp³-hybridized carbons (Fsp3) is 0.318. The Morgan fingerprint density at radius 1 is 1.29 bits per heavy atom. The van der Waals surface area contributed by atoms with Gasteiger partial charge < -0.3 is 19.2 Å². The Kier molecular flexibility index (Phi) is 7.09. The van der Waals surface area contributed by atoms with Crippen molar-refractivity contribution < 1.29 is 23.1 Å². The van der Waals surface area contributed by atoms with Gasteiger partial charge >= 0.3 is 0 Å². The van der Waals surface area contributed by atoms with Crippen molar-refractivity contribution in [2.75, 3.05) is 33.9 Å². The van der Waals surface area contributed by atoms with Crippen molar-refractivity contribution in [1.29, 1.82) is 0 Å². The molecule has 0 saturated heterocycles. The van der Waals surface area contributed by atoms with Crippen molar-refractivity contribution in [3.63, 3.8) is 0 Å². The molecule has 9 heteroatoms. The average molecular weight is 430 g/mol.